The van der Waals surface area contributed by atoms with Crippen LogP contribution in [-0.4, -0.2) is 58.7 Å². The number of hydrogen-bond donors (Lipinski definition) is 2. The number of nitrogens with one attached hydrogen (secondary N) is 1. The molecule has 2 fully saturated rings. The molecule has 2 unspecified atom stereocenters. The van der Waals surface area contributed by atoms with Crippen molar-refractivity contribution in [3.63, 3.8) is 0 Å². The van der Waals surface area contributed by atoms with Gasteiger partial charge in [-0.25, -0.2) is 4.52 Å². The molecule has 2 aromatic rings. The van der Waals surface area contributed by atoms with Gasteiger partial charge in [-0.2, -0.15) is 10.4 Å². The fourth-order valence-corrected chi connectivity index (χ4v) is 4.08. The molecule has 1 saturated heterocycles. The first-order valence-electron chi connectivity index (χ1n) is 8.85. The number of nitrogens with two attached hydrogens (primary N) is 1. The maximum absolute atomic E-state index is 12.7. The first-order chi connectivity index (χ1) is 13.4. The third-order valence-electron chi connectivity index (χ3n) is 5.43. The monoisotopic (exact) mass is 446 g/mol. The summed E-state index contributed by atoms with van der Waals surface area (Å²) >= 11 is 3.41. The Hall–Kier alpha value is -2.64. The van der Waals surface area contributed by atoms with Crippen LogP contribution in [-0.2, 0) is 9.53 Å². The van der Waals surface area contributed by atoms with Crippen molar-refractivity contribution in [2.75, 3.05) is 25.5 Å². The van der Waals surface area contributed by atoms with E-state index in [9.17, 15) is 14.9 Å². The molecule has 0 bridgehead atoms. The highest BCUT2D eigenvalue weighted by molar-refractivity contribution is 9.10. The number of ether oxygens (including phenoxy) is 1. The Morgan fingerprint density at radius 1 is 1.46 bits per heavy atom. The van der Waals surface area contributed by atoms with Crippen LogP contribution in [0.1, 0.15) is 23.2 Å². The molecule has 1 saturated carbocycles. The molecule has 2 atom stereocenters. The van der Waals surface area contributed by atoms with Crippen LogP contribution >= 0.6 is 15.9 Å². The molecule has 1 aliphatic carbocycles. The molecular formula is C18H19BrN6O3. The zero-order valence-corrected chi connectivity index (χ0v) is 16.8. The van der Waals surface area contributed by atoms with E-state index in [0.717, 1.165) is 4.47 Å². The lowest BCUT2D eigenvalue weighted by Crippen LogP contribution is -2.37. The van der Waals surface area contributed by atoms with Crippen LogP contribution in [0, 0.1) is 16.7 Å². The van der Waals surface area contributed by atoms with Crippen molar-refractivity contribution in [3.8, 4) is 6.07 Å². The summed E-state index contributed by atoms with van der Waals surface area (Å²) in [6.07, 6.45) is 4.10. The molecule has 0 aromatic carbocycles. The molecule has 2 amide bonds. The standard InChI is InChI=1S/C18H19BrN6O3/c1-28-14-8-24(17(27)18(9-20)2-3-18)7-12(14)23-15-11(16(21)26)5-22-25-6-10(19)4-13(15)25/h4-6,12,14,23H,2-3,7-8H2,1H3,(H2,21,26). The number of hydrogen-bond acceptors (Lipinski definition) is 6. The van der Waals surface area contributed by atoms with E-state index in [-0.39, 0.29) is 23.6 Å². The summed E-state index contributed by atoms with van der Waals surface area (Å²) < 4.78 is 8.01. The van der Waals surface area contributed by atoms with Crippen molar-refractivity contribution in [3.05, 3.63) is 28.5 Å². The van der Waals surface area contributed by atoms with Crippen LogP contribution in [0.3, 0.4) is 0 Å². The molecule has 9 nitrogen and oxygen atoms in total. The predicted octanol–water partition coefficient (Wildman–Crippen LogP) is 1.14. The topological polar surface area (TPSA) is 126 Å². The number of carbonyl (C=O) groups is 2. The molecule has 2 aliphatic rings. The average Bonchev–Trinajstić information content (AvgIpc) is 3.22. The van der Waals surface area contributed by atoms with E-state index in [0.29, 0.717) is 37.1 Å². The largest absolute Gasteiger partial charge is 0.377 e. The van der Waals surface area contributed by atoms with E-state index in [1.807, 2.05) is 6.07 Å². The van der Waals surface area contributed by atoms with Crippen molar-refractivity contribution in [2.45, 2.75) is 25.0 Å². The number of likely N-dealkylation sites (tertiary alicyclic amines) is 1. The second-order valence-corrected chi connectivity index (χ2v) is 8.13. The normalized spacial score (nSPS) is 22.8. The SMILES string of the molecule is COC1CN(C(=O)C2(C#N)CC2)CC1Nc1c(C(N)=O)cnn2cc(Br)cc12. The second kappa shape index (κ2) is 6.76. The third-order valence-corrected chi connectivity index (χ3v) is 5.86. The fourth-order valence-electron chi connectivity index (χ4n) is 3.67. The van der Waals surface area contributed by atoms with Crippen LogP contribution in [0.2, 0.25) is 0 Å². The summed E-state index contributed by atoms with van der Waals surface area (Å²) in [5.74, 6) is -0.752. The highest BCUT2D eigenvalue weighted by atomic mass is 79.9. The van der Waals surface area contributed by atoms with Gasteiger partial charge in [-0.1, -0.05) is 0 Å². The summed E-state index contributed by atoms with van der Waals surface area (Å²) in [6, 6.07) is 3.71. The summed E-state index contributed by atoms with van der Waals surface area (Å²) in [5, 5.41) is 16.9. The summed E-state index contributed by atoms with van der Waals surface area (Å²) in [7, 11) is 1.58. The molecule has 0 spiro atoms. The lowest BCUT2D eigenvalue weighted by molar-refractivity contribution is -0.134. The number of rotatable bonds is 5. The van der Waals surface area contributed by atoms with E-state index in [1.165, 1.54) is 6.20 Å². The van der Waals surface area contributed by atoms with Gasteiger partial charge in [-0.3, -0.25) is 9.59 Å². The second-order valence-electron chi connectivity index (χ2n) is 7.21. The smallest absolute Gasteiger partial charge is 0.252 e. The lowest BCUT2D eigenvalue weighted by atomic mass is 10.1. The Balaban J connectivity index is 1.65. The number of aromatic nitrogens is 2. The van der Waals surface area contributed by atoms with Gasteiger partial charge < -0.3 is 20.7 Å². The first-order valence-corrected chi connectivity index (χ1v) is 9.64. The number of fused-ring (bicyclic) bond motifs is 1. The zero-order chi connectivity index (χ0) is 20.1. The molecule has 0 radical (unpaired) electrons. The summed E-state index contributed by atoms with van der Waals surface area (Å²) in [6.45, 7) is 0.754. The van der Waals surface area contributed by atoms with Crippen LogP contribution in [0.15, 0.2) is 22.9 Å². The Labute approximate surface area is 169 Å². The number of primary amides is 1. The maximum atomic E-state index is 12.7. The lowest BCUT2D eigenvalue weighted by Gasteiger charge is -2.21. The van der Waals surface area contributed by atoms with Gasteiger partial charge in [-0.05, 0) is 34.8 Å². The van der Waals surface area contributed by atoms with Crippen LogP contribution in [0.25, 0.3) is 5.52 Å². The predicted molar refractivity (Wildman–Crippen MR) is 103 cm³/mol. The third kappa shape index (κ3) is 3.00. The molecular weight excluding hydrogens is 428 g/mol. The minimum absolute atomic E-state index is 0.151. The van der Waals surface area contributed by atoms with Crippen molar-refractivity contribution in [2.24, 2.45) is 11.1 Å². The van der Waals surface area contributed by atoms with Crippen molar-refractivity contribution < 1.29 is 14.3 Å². The molecule has 28 heavy (non-hydrogen) atoms. The van der Waals surface area contributed by atoms with E-state index in [1.54, 1.807) is 22.7 Å². The number of anilines is 1. The Kier molecular flexibility index (Phi) is 4.51. The molecule has 146 valence electrons. The summed E-state index contributed by atoms with van der Waals surface area (Å²) in [4.78, 5) is 26.3. The van der Waals surface area contributed by atoms with Gasteiger partial charge in [0.25, 0.3) is 5.91 Å². The number of methoxy groups -OCH3 is 1. The van der Waals surface area contributed by atoms with Gasteiger partial charge in [0, 0.05) is 30.9 Å². The molecule has 10 heteroatoms. The molecule has 1 aliphatic heterocycles. The number of halogens is 1. The number of nitrogens with zero attached hydrogens (tertiary/aromatic N) is 4. The van der Waals surface area contributed by atoms with Crippen molar-refractivity contribution in [1.82, 2.24) is 14.5 Å². The Bertz CT molecular complexity index is 1010. The van der Waals surface area contributed by atoms with Crippen LogP contribution in [0.4, 0.5) is 5.69 Å². The number of amides is 2. The van der Waals surface area contributed by atoms with E-state index in [4.69, 9.17) is 10.5 Å². The van der Waals surface area contributed by atoms with Gasteiger partial charge in [-0.15, -0.1) is 0 Å². The highest BCUT2D eigenvalue weighted by Gasteiger charge is 2.54. The Morgan fingerprint density at radius 2 is 2.21 bits per heavy atom. The molecule has 3 heterocycles. The van der Waals surface area contributed by atoms with E-state index >= 15 is 0 Å². The quantitative estimate of drug-likeness (QED) is 0.708. The van der Waals surface area contributed by atoms with Crippen molar-refractivity contribution in [1.29, 1.82) is 5.26 Å². The maximum Gasteiger partial charge on any atom is 0.252 e. The zero-order valence-electron chi connectivity index (χ0n) is 15.2. The Morgan fingerprint density at radius 3 is 2.82 bits per heavy atom. The average molecular weight is 447 g/mol. The first kappa shape index (κ1) is 18.7. The number of nitriles is 1. The number of carbonyl (C=O) groups excluding carboxylic acids is 2. The molecule has 4 rings (SSSR count). The molecule has 2 aromatic heterocycles. The summed E-state index contributed by atoms with van der Waals surface area (Å²) in [5.41, 5.74) is 6.14. The minimum Gasteiger partial charge on any atom is -0.377 e. The molecule has 3 N–H and O–H groups in total. The van der Waals surface area contributed by atoms with E-state index in [2.05, 4.69) is 32.4 Å². The highest BCUT2D eigenvalue weighted by Crippen LogP contribution is 2.47. The van der Waals surface area contributed by atoms with Gasteiger partial charge in [0.15, 0.2) is 0 Å². The van der Waals surface area contributed by atoms with Gasteiger partial charge in [0.2, 0.25) is 5.91 Å². The minimum atomic E-state index is -0.873. The van der Waals surface area contributed by atoms with Gasteiger partial charge in [0.1, 0.15) is 5.41 Å². The van der Waals surface area contributed by atoms with Crippen LogP contribution < -0.4 is 11.1 Å². The van der Waals surface area contributed by atoms with Crippen molar-refractivity contribution >= 4 is 38.9 Å². The van der Waals surface area contributed by atoms with E-state index < -0.39 is 11.3 Å². The van der Waals surface area contributed by atoms with Gasteiger partial charge in [0.05, 0.1) is 41.2 Å². The fraction of sp³-hybridized carbons (Fsp3) is 0.444. The van der Waals surface area contributed by atoms with Gasteiger partial charge >= 0.3 is 0 Å². The van der Waals surface area contributed by atoms with Crippen LogP contribution in [0.5, 0.6) is 0 Å².